The van der Waals surface area contributed by atoms with Gasteiger partial charge in [-0.15, -0.1) is 0 Å². The van der Waals surface area contributed by atoms with E-state index in [0.29, 0.717) is 29.6 Å². The molecule has 10 heteroatoms. The fourth-order valence-electron chi connectivity index (χ4n) is 3.01. The first-order valence-electron chi connectivity index (χ1n) is 7.54. The van der Waals surface area contributed by atoms with Crippen LogP contribution in [0, 0.1) is 5.92 Å². The van der Waals surface area contributed by atoms with Crippen LogP contribution in [0.4, 0.5) is 0 Å². The lowest BCUT2D eigenvalue weighted by atomic mass is 9.87. The van der Waals surface area contributed by atoms with Crippen molar-refractivity contribution < 1.29 is 17.3 Å². The summed E-state index contributed by atoms with van der Waals surface area (Å²) < 4.78 is 35.2. The van der Waals surface area contributed by atoms with Crippen molar-refractivity contribution in [2.45, 2.75) is 18.6 Å². The van der Waals surface area contributed by atoms with Crippen molar-refractivity contribution in [1.82, 2.24) is 14.8 Å². The highest BCUT2D eigenvalue weighted by Crippen LogP contribution is 2.44. The second-order valence-corrected chi connectivity index (χ2v) is 8.57. The third-order valence-corrected chi connectivity index (χ3v) is 5.15. The van der Waals surface area contributed by atoms with Gasteiger partial charge in [0.2, 0.25) is 0 Å². The molecule has 1 aromatic carbocycles. The first-order valence-corrected chi connectivity index (χ1v) is 10.1. The molecule has 136 valence electrons. The fourth-order valence-corrected chi connectivity index (χ4v) is 4.03. The van der Waals surface area contributed by atoms with E-state index in [-0.39, 0.29) is 12.5 Å². The largest absolute Gasteiger partial charge is 0.368 e. The van der Waals surface area contributed by atoms with Gasteiger partial charge >= 0.3 is 0 Å². The maximum Gasteiger partial charge on any atom is 0.264 e. The molecule has 1 saturated heterocycles. The van der Waals surface area contributed by atoms with Gasteiger partial charge in [0, 0.05) is 21.5 Å². The number of aromatic nitrogens is 3. The fraction of sp³-hybridized carbons (Fsp3) is 0.467. The van der Waals surface area contributed by atoms with E-state index in [1.807, 2.05) is 6.07 Å². The van der Waals surface area contributed by atoms with Crippen molar-refractivity contribution in [2.75, 3.05) is 19.5 Å². The highest BCUT2D eigenvalue weighted by molar-refractivity contribution is 7.85. The van der Waals surface area contributed by atoms with Gasteiger partial charge in [-0.05, 0) is 18.6 Å². The minimum Gasteiger partial charge on any atom is -0.368 e. The molecule has 0 aliphatic carbocycles. The minimum atomic E-state index is -3.50. The summed E-state index contributed by atoms with van der Waals surface area (Å²) in [6, 6.07) is 5.22. The second-order valence-electron chi connectivity index (χ2n) is 6.08. The second kappa shape index (κ2) is 7.20. The Bertz CT molecular complexity index is 844. The summed E-state index contributed by atoms with van der Waals surface area (Å²) in [6.07, 6.45) is 4.59. The topological polar surface area (TPSA) is 83.3 Å². The summed E-state index contributed by atoms with van der Waals surface area (Å²) in [6.45, 7) is 0.802. The molecule has 1 aliphatic heterocycles. The molecule has 1 aliphatic rings. The smallest absolute Gasteiger partial charge is 0.264 e. The summed E-state index contributed by atoms with van der Waals surface area (Å²) >= 11 is 12.4. The van der Waals surface area contributed by atoms with Gasteiger partial charge in [-0.2, -0.15) is 13.5 Å². The van der Waals surface area contributed by atoms with Gasteiger partial charge < -0.3 is 4.74 Å². The van der Waals surface area contributed by atoms with Crippen molar-refractivity contribution >= 4 is 33.3 Å². The average molecular weight is 406 g/mol. The van der Waals surface area contributed by atoms with Crippen molar-refractivity contribution in [3.8, 4) is 0 Å². The Morgan fingerprint density at radius 1 is 1.44 bits per heavy atom. The predicted molar refractivity (Wildman–Crippen MR) is 93.0 cm³/mol. The van der Waals surface area contributed by atoms with E-state index in [1.165, 1.54) is 6.33 Å². The van der Waals surface area contributed by atoms with Crippen LogP contribution in [0.15, 0.2) is 30.9 Å². The van der Waals surface area contributed by atoms with Crippen LogP contribution in [-0.4, -0.2) is 42.7 Å². The molecule has 2 atom stereocenters. The van der Waals surface area contributed by atoms with Crippen LogP contribution in [0.3, 0.4) is 0 Å². The molecule has 2 heterocycles. The van der Waals surface area contributed by atoms with Crippen LogP contribution >= 0.6 is 23.2 Å². The Balaban J connectivity index is 1.88. The summed E-state index contributed by atoms with van der Waals surface area (Å²) in [4.78, 5) is 3.95. The third-order valence-electron chi connectivity index (χ3n) is 4.04. The van der Waals surface area contributed by atoms with Crippen LogP contribution in [-0.2, 0) is 31.2 Å². The highest BCUT2D eigenvalue weighted by atomic mass is 35.5. The molecule has 7 nitrogen and oxygen atoms in total. The van der Waals surface area contributed by atoms with Crippen LogP contribution in [0.1, 0.15) is 12.0 Å². The van der Waals surface area contributed by atoms with Crippen molar-refractivity contribution in [3.63, 3.8) is 0 Å². The molecule has 25 heavy (non-hydrogen) atoms. The number of nitrogens with zero attached hydrogens (tertiary/aromatic N) is 3. The lowest BCUT2D eigenvalue weighted by Crippen LogP contribution is -2.32. The molecule has 0 saturated carbocycles. The predicted octanol–water partition coefficient (Wildman–Crippen LogP) is 2.49. The van der Waals surface area contributed by atoms with Crippen molar-refractivity contribution in [2.24, 2.45) is 5.92 Å². The van der Waals surface area contributed by atoms with E-state index in [2.05, 4.69) is 10.1 Å². The number of hydrogen-bond acceptors (Lipinski definition) is 6. The third kappa shape index (κ3) is 4.51. The lowest BCUT2D eigenvalue weighted by Gasteiger charge is -2.30. The van der Waals surface area contributed by atoms with E-state index < -0.39 is 15.7 Å². The number of ether oxygens (including phenoxy) is 1. The van der Waals surface area contributed by atoms with E-state index in [1.54, 1.807) is 23.1 Å². The number of benzene rings is 1. The van der Waals surface area contributed by atoms with Gasteiger partial charge in [-0.3, -0.25) is 4.18 Å². The molecule has 1 fully saturated rings. The highest BCUT2D eigenvalue weighted by Gasteiger charge is 2.44. The number of hydrogen-bond donors (Lipinski definition) is 0. The molecule has 1 aromatic heterocycles. The Labute approximate surface area is 156 Å². The normalized spacial score (nSPS) is 23.9. The Hall–Kier alpha value is -1.19. The first-order chi connectivity index (χ1) is 11.8. The van der Waals surface area contributed by atoms with Crippen LogP contribution in [0.25, 0.3) is 0 Å². The molecule has 3 rings (SSSR count). The Morgan fingerprint density at radius 2 is 2.24 bits per heavy atom. The standard InChI is InChI=1S/C15H17Cl2N3O4S/c1-25(21,22)24-7-11-5-15(23-6-11,8-20-10-18-9-19-20)13-3-2-12(16)4-14(13)17/h2-4,9-11H,5-8H2,1H3/t11-,15-/m0/s1. The molecule has 2 aromatic rings. The van der Waals surface area contributed by atoms with Gasteiger partial charge in [0.25, 0.3) is 10.1 Å². The van der Waals surface area contributed by atoms with E-state index in [4.69, 9.17) is 32.1 Å². The first kappa shape index (κ1) is 18.6. The molecule has 0 N–H and O–H groups in total. The monoisotopic (exact) mass is 405 g/mol. The number of halogens is 2. The van der Waals surface area contributed by atoms with E-state index in [0.717, 1.165) is 11.8 Å². The van der Waals surface area contributed by atoms with Crippen LogP contribution in [0.5, 0.6) is 0 Å². The zero-order chi connectivity index (χ0) is 18.1. The van der Waals surface area contributed by atoms with E-state index in [9.17, 15) is 8.42 Å². The van der Waals surface area contributed by atoms with E-state index >= 15 is 0 Å². The molecule has 0 amide bonds. The van der Waals surface area contributed by atoms with Crippen molar-refractivity contribution in [3.05, 3.63) is 46.5 Å². The Kier molecular flexibility index (Phi) is 5.36. The number of rotatable bonds is 6. The van der Waals surface area contributed by atoms with Gasteiger partial charge in [-0.25, -0.2) is 9.67 Å². The average Bonchev–Trinajstić information content (AvgIpc) is 3.15. The molecule has 0 radical (unpaired) electrons. The molecule has 0 spiro atoms. The zero-order valence-electron chi connectivity index (χ0n) is 13.4. The van der Waals surface area contributed by atoms with Gasteiger partial charge in [0.15, 0.2) is 0 Å². The lowest BCUT2D eigenvalue weighted by molar-refractivity contribution is -0.0179. The minimum absolute atomic E-state index is 0.0587. The molecular formula is C15H17Cl2N3O4S. The summed E-state index contributed by atoms with van der Waals surface area (Å²) in [5.74, 6) is -0.0926. The maximum absolute atomic E-state index is 11.2. The van der Waals surface area contributed by atoms with Crippen LogP contribution in [0.2, 0.25) is 10.0 Å². The van der Waals surface area contributed by atoms with Gasteiger partial charge in [-0.1, -0.05) is 29.3 Å². The summed E-state index contributed by atoms with van der Waals surface area (Å²) in [7, 11) is -3.50. The zero-order valence-corrected chi connectivity index (χ0v) is 15.8. The maximum atomic E-state index is 11.2. The molecular weight excluding hydrogens is 389 g/mol. The molecule has 0 bridgehead atoms. The molecule has 0 unspecified atom stereocenters. The van der Waals surface area contributed by atoms with Gasteiger partial charge in [0.1, 0.15) is 18.3 Å². The van der Waals surface area contributed by atoms with Crippen molar-refractivity contribution in [1.29, 1.82) is 0 Å². The Morgan fingerprint density at radius 3 is 2.88 bits per heavy atom. The summed E-state index contributed by atoms with van der Waals surface area (Å²) in [5.41, 5.74) is 0.0110. The quantitative estimate of drug-likeness (QED) is 0.686. The SMILES string of the molecule is CS(=O)(=O)OC[C@@H]1CO[C@@](Cn2cncn2)(c2ccc(Cl)cc2Cl)C1. The van der Waals surface area contributed by atoms with Crippen LogP contribution < -0.4 is 0 Å². The summed E-state index contributed by atoms with van der Waals surface area (Å²) in [5, 5.41) is 5.15. The van der Waals surface area contributed by atoms with Gasteiger partial charge in [0.05, 0.1) is 26.0 Å².